The smallest absolute Gasteiger partial charge is 0.192 e. The molecule has 0 aliphatic carbocycles. The summed E-state index contributed by atoms with van der Waals surface area (Å²) in [4.78, 5) is 0. The molecule has 0 unspecified atom stereocenters. The van der Waals surface area contributed by atoms with Crippen LogP contribution < -0.4 is 0 Å². The quantitative estimate of drug-likeness (QED) is 0.572. The van der Waals surface area contributed by atoms with Gasteiger partial charge >= 0.3 is 31.3 Å². The molecule has 0 aliphatic heterocycles. The Morgan fingerprint density at radius 3 is 1.39 bits per heavy atom. The highest BCUT2D eigenvalue weighted by Gasteiger charge is 2.57. The third-order valence-corrected chi connectivity index (χ3v) is 4.22. The molecular weight excluding hydrogens is 380 g/mol. The van der Waals surface area contributed by atoms with Crippen LogP contribution in [-0.4, -0.2) is 27.9 Å². The number of nitriles is 1. The normalized spacial score (nSPS) is 12.7. The minimum atomic E-state index is -6.85. The van der Waals surface area contributed by atoms with Gasteiger partial charge in [-0.15, -0.1) is 3.63 Å². The van der Waals surface area contributed by atoms with Gasteiger partial charge in [0.2, 0.25) is 0 Å². The molecule has 0 saturated heterocycles. The number of hydrogen-bond acceptors (Lipinski definition) is 6. The molecule has 0 bridgehead atoms. The molecule has 0 aliphatic rings. The highest BCUT2D eigenvalue weighted by molar-refractivity contribution is 8.00. The van der Waals surface area contributed by atoms with E-state index in [2.05, 4.69) is 0 Å². The highest BCUT2D eigenvalue weighted by atomic mass is 32.3. The zero-order valence-electron chi connectivity index (χ0n) is 10.5. The van der Waals surface area contributed by atoms with Crippen LogP contribution in [0, 0.1) is 11.3 Å². The van der Waals surface area contributed by atoms with Gasteiger partial charge in [0.05, 0.1) is 11.6 Å². The maximum Gasteiger partial charge on any atom is 0.524 e. The third-order valence-electron chi connectivity index (χ3n) is 1.65. The van der Waals surface area contributed by atoms with Gasteiger partial charge in [-0.3, -0.25) is 0 Å². The van der Waals surface area contributed by atoms with Crippen molar-refractivity contribution >= 4 is 20.2 Å². The van der Waals surface area contributed by atoms with Gasteiger partial charge in [0.1, 0.15) is 0 Å². The maximum absolute atomic E-state index is 11.4. The summed E-state index contributed by atoms with van der Waals surface area (Å²) in [7, 11) is -13.7. The van der Waals surface area contributed by atoms with Crippen LogP contribution in [0.3, 0.4) is 0 Å². The van der Waals surface area contributed by atoms with Crippen molar-refractivity contribution in [3.63, 3.8) is 0 Å². The minimum Gasteiger partial charge on any atom is -0.192 e. The van der Waals surface area contributed by atoms with Crippen molar-refractivity contribution in [2.45, 2.75) is 11.0 Å². The van der Waals surface area contributed by atoms with Crippen molar-refractivity contribution in [2.75, 3.05) is 0 Å². The fourth-order valence-corrected chi connectivity index (χ4v) is 2.27. The van der Waals surface area contributed by atoms with Crippen molar-refractivity contribution in [1.82, 2.24) is 0 Å². The van der Waals surface area contributed by atoms with Crippen molar-refractivity contribution in [1.29, 1.82) is 5.26 Å². The number of nitrogens with zero attached hydrogens (tertiary/aromatic N) is 1. The first kappa shape index (κ1) is 21.1. The lowest BCUT2D eigenvalue weighted by Crippen LogP contribution is -2.34. The van der Waals surface area contributed by atoms with E-state index in [-0.39, 0.29) is 0 Å². The Morgan fingerprint density at radius 2 is 1.17 bits per heavy atom. The zero-order valence-corrected chi connectivity index (χ0v) is 12.1. The first-order valence-electron chi connectivity index (χ1n) is 4.93. The number of benzene rings is 1. The molecule has 1 aromatic rings. The fraction of sp³-hybridized carbons (Fsp3) is 0.222. The predicted octanol–water partition coefficient (Wildman–Crippen LogP) is 2.26. The van der Waals surface area contributed by atoms with Gasteiger partial charge in [-0.05, 0) is 12.1 Å². The Morgan fingerprint density at radius 1 is 0.826 bits per heavy atom. The van der Waals surface area contributed by atoms with Gasteiger partial charge in [0, 0.05) is 0 Å². The van der Waals surface area contributed by atoms with E-state index in [0.717, 1.165) is 0 Å². The molecule has 23 heavy (non-hydrogen) atoms. The second-order valence-corrected chi connectivity index (χ2v) is 6.63. The van der Waals surface area contributed by atoms with E-state index in [1.54, 1.807) is 12.1 Å². The molecule has 0 aromatic heterocycles. The molecule has 0 fully saturated rings. The number of alkyl halides is 6. The molecule has 0 saturated carbocycles. The Balaban J connectivity index is 0.000000502. The van der Waals surface area contributed by atoms with Gasteiger partial charge in [-0.2, -0.15) is 48.4 Å². The molecule has 0 amide bonds. The first-order valence-corrected chi connectivity index (χ1v) is 7.74. The van der Waals surface area contributed by atoms with Gasteiger partial charge in [-0.1, -0.05) is 18.2 Å². The predicted molar refractivity (Wildman–Crippen MR) is 62.2 cm³/mol. The summed E-state index contributed by atoms with van der Waals surface area (Å²) >= 11 is 0. The van der Waals surface area contributed by atoms with Crippen LogP contribution in [0.25, 0.3) is 0 Å². The van der Waals surface area contributed by atoms with E-state index < -0.39 is 31.3 Å². The topological polar surface area (TPSA) is 101 Å². The SMILES string of the molecule is N#Cc1ccccc1.O=S(=O)(OS(=O)(=O)C(F)(F)F)C(F)(F)F. The van der Waals surface area contributed by atoms with Crippen LogP contribution >= 0.6 is 0 Å². The summed E-state index contributed by atoms with van der Waals surface area (Å²) in [5.41, 5.74) is -11.8. The number of rotatable bonds is 2. The molecule has 14 heteroatoms. The summed E-state index contributed by atoms with van der Waals surface area (Å²) in [5, 5.41) is 8.29. The van der Waals surface area contributed by atoms with Crippen LogP contribution in [0.2, 0.25) is 0 Å². The Labute approximate surface area is 126 Å². The summed E-state index contributed by atoms with van der Waals surface area (Å²) in [6.07, 6.45) is 0. The standard InChI is InChI=1S/C7H5N.C2F6O5S2/c8-6-7-4-2-1-3-5-7;3-1(4,5)14(9,10)13-15(11,12)2(6,7)8/h1-5H;. The lowest BCUT2D eigenvalue weighted by Gasteiger charge is -2.09. The molecule has 0 atom stereocenters. The van der Waals surface area contributed by atoms with E-state index in [0.29, 0.717) is 5.56 Å². The third kappa shape index (κ3) is 6.42. The maximum atomic E-state index is 11.4. The second-order valence-electron chi connectivity index (χ2n) is 3.35. The zero-order chi connectivity index (χ0) is 18.5. The van der Waals surface area contributed by atoms with E-state index in [4.69, 9.17) is 5.26 Å². The van der Waals surface area contributed by atoms with Crippen LogP contribution in [0.5, 0.6) is 0 Å². The van der Waals surface area contributed by atoms with Gasteiger partial charge in [-0.25, -0.2) is 0 Å². The monoisotopic (exact) mass is 385 g/mol. The molecule has 1 rings (SSSR count). The lowest BCUT2D eigenvalue weighted by molar-refractivity contribution is -0.0585. The molecular formula is C9H5F6NO5S2. The molecule has 0 spiro atoms. The van der Waals surface area contributed by atoms with Gasteiger partial charge in [0.15, 0.2) is 0 Å². The molecule has 1 aromatic carbocycles. The largest absolute Gasteiger partial charge is 0.524 e. The molecule has 0 N–H and O–H groups in total. The average Bonchev–Trinajstić information content (AvgIpc) is 2.36. The Hall–Kier alpha value is -1.85. The molecule has 0 heterocycles. The summed E-state index contributed by atoms with van der Waals surface area (Å²) < 4.78 is 110. The fourth-order valence-electron chi connectivity index (χ4n) is 0.708. The van der Waals surface area contributed by atoms with Crippen LogP contribution in [0.15, 0.2) is 30.3 Å². The van der Waals surface area contributed by atoms with Crippen LogP contribution in [0.1, 0.15) is 5.56 Å². The minimum absolute atomic E-state index is 0.715. The number of hydrogen-bond donors (Lipinski definition) is 0. The highest BCUT2D eigenvalue weighted by Crippen LogP contribution is 2.32. The molecule has 6 nitrogen and oxygen atoms in total. The molecule has 130 valence electrons. The van der Waals surface area contributed by atoms with Crippen LogP contribution in [-0.2, 0) is 23.9 Å². The average molecular weight is 385 g/mol. The first-order chi connectivity index (χ1) is 10.1. The van der Waals surface area contributed by atoms with Crippen molar-refractivity contribution < 1.29 is 46.8 Å². The summed E-state index contributed by atoms with van der Waals surface area (Å²) in [6, 6.07) is 11.2. The van der Waals surface area contributed by atoms with Gasteiger partial charge < -0.3 is 0 Å². The van der Waals surface area contributed by atoms with E-state index in [9.17, 15) is 43.2 Å². The van der Waals surface area contributed by atoms with Gasteiger partial charge in [0.25, 0.3) is 0 Å². The van der Waals surface area contributed by atoms with Crippen molar-refractivity contribution in [2.24, 2.45) is 0 Å². The lowest BCUT2D eigenvalue weighted by atomic mass is 10.2. The Kier molecular flexibility index (Phi) is 6.57. The van der Waals surface area contributed by atoms with Crippen molar-refractivity contribution in [3.8, 4) is 6.07 Å². The summed E-state index contributed by atoms with van der Waals surface area (Å²) in [5.74, 6) is 0. The summed E-state index contributed by atoms with van der Waals surface area (Å²) in [6.45, 7) is 0. The van der Waals surface area contributed by atoms with E-state index in [1.807, 2.05) is 27.9 Å². The number of halogens is 6. The van der Waals surface area contributed by atoms with Crippen LogP contribution in [0.4, 0.5) is 26.3 Å². The molecule has 0 radical (unpaired) electrons. The van der Waals surface area contributed by atoms with E-state index >= 15 is 0 Å². The van der Waals surface area contributed by atoms with Crippen molar-refractivity contribution in [3.05, 3.63) is 35.9 Å². The Bertz CT molecular complexity index is 719. The van der Waals surface area contributed by atoms with E-state index in [1.165, 1.54) is 0 Å². The second kappa shape index (κ2) is 7.15.